The second-order valence-corrected chi connectivity index (χ2v) is 3.76. The summed E-state index contributed by atoms with van der Waals surface area (Å²) in [6.07, 6.45) is 7.03. The highest BCUT2D eigenvalue weighted by Crippen LogP contribution is 2.05. The molecule has 0 radical (unpaired) electrons. The second-order valence-electron chi connectivity index (χ2n) is 3.76. The molecule has 0 bridgehead atoms. The minimum absolute atomic E-state index is 0.0897. The molecule has 0 spiro atoms. The van der Waals surface area contributed by atoms with E-state index in [-0.39, 0.29) is 19.2 Å². The fourth-order valence-corrected chi connectivity index (χ4v) is 1.30. The molecule has 0 rings (SSSR count). The van der Waals surface area contributed by atoms with Gasteiger partial charge in [0.25, 0.3) is 0 Å². The number of unbranched alkanes of at least 4 members (excludes halogenated alkanes) is 4. The quantitative estimate of drug-likeness (QED) is 0.336. The Labute approximate surface area is 103 Å². The van der Waals surface area contributed by atoms with Gasteiger partial charge < -0.3 is 9.47 Å². The van der Waals surface area contributed by atoms with Crippen LogP contribution in [0.4, 0.5) is 0 Å². The van der Waals surface area contributed by atoms with Crippen molar-refractivity contribution in [3.63, 3.8) is 0 Å². The highest BCUT2D eigenvalue weighted by Gasteiger charge is 2.03. The standard InChI is InChI=1S/C13H22O4/c1-3-5-6-7-8-9-13(15)17-11-10-16-12(14)4-2/h4H,2-3,5-11H2,1H3. The van der Waals surface area contributed by atoms with E-state index < -0.39 is 5.97 Å². The molecule has 98 valence electrons. The number of carbonyl (C=O) groups excluding carboxylic acids is 2. The van der Waals surface area contributed by atoms with Gasteiger partial charge in [-0.1, -0.05) is 39.2 Å². The molecule has 0 saturated carbocycles. The van der Waals surface area contributed by atoms with Crippen LogP contribution in [0.5, 0.6) is 0 Å². The lowest BCUT2D eigenvalue weighted by Gasteiger charge is -2.04. The summed E-state index contributed by atoms with van der Waals surface area (Å²) in [4.78, 5) is 21.9. The molecule has 0 fully saturated rings. The Morgan fingerprint density at radius 3 is 2.35 bits per heavy atom. The molecule has 17 heavy (non-hydrogen) atoms. The molecule has 0 amide bonds. The third kappa shape index (κ3) is 11.0. The normalized spacial score (nSPS) is 9.71. The van der Waals surface area contributed by atoms with Gasteiger partial charge in [-0.25, -0.2) is 4.79 Å². The third-order valence-electron chi connectivity index (χ3n) is 2.24. The first-order valence-corrected chi connectivity index (χ1v) is 6.15. The maximum atomic E-state index is 11.2. The van der Waals surface area contributed by atoms with Crippen molar-refractivity contribution in [1.82, 2.24) is 0 Å². The van der Waals surface area contributed by atoms with Crippen LogP contribution >= 0.6 is 0 Å². The number of ether oxygens (including phenoxy) is 2. The van der Waals surface area contributed by atoms with E-state index in [1.165, 1.54) is 19.3 Å². The summed E-state index contributed by atoms with van der Waals surface area (Å²) in [7, 11) is 0. The molecule has 0 aliphatic rings. The van der Waals surface area contributed by atoms with E-state index in [0.29, 0.717) is 6.42 Å². The van der Waals surface area contributed by atoms with Crippen LogP contribution < -0.4 is 0 Å². The summed E-state index contributed by atoms with van der Waals surface area (Å²) in [5, 5.41) is 0. The van der Waals surface area contributed by atoms with Crippen LogP contribution in [0.15, 0.2) is 12.7 Å². The molecule has 0 aromatic carbocycles. The first kappa shape index (κ1) is 15.7. The Kier molecular flexibility index (Phi) is 10.3. The average Bonchev–Trinajstić information content (AvgIpc) is 2.34. The molecule has 0 aromatic heterocycles. The molecule has 0 aromatic rings. The first-order valence-electron chi connectivity index (χ1n) is 6.15. The van der Waals surface area contributed by atoms with Gasteiger partial charge in [0.15, 0.2) is 0 Å². The second kappa shape index (κ2) is 11.2. The molecule has 0 N–H and O–H groups in total. The molecule has 0 saturated heterocycles. The van der Waals surface area contributed by atoms with Crippen molar-refractivity contribution in [3.05, 3.63) is 12.7 Å². The summed E-state index contributed by atoms with van der Waals surface area (Å²) >= 11 is 0. The summed E-state index contributed by atoms with van der Waals surface area (Å²) in [5.41, 5.74) is 0. The van der Waals surface area contributed by atoms with Crippen LogP contribution in [0.25, 0.3) is 0 Å². The van der Waals surface area contributed by atoms with Gasteiger partial charge in [-0.2, -0.15) is 0 Å². The fraction of sp³-hybridized carbons (Fsp3) is 0.692. The largest absolute Gasteiger partial charge is 0.462 e. The zero-order chi connectivity index (χ0) is 12.9. The van der Waals surface area contributed by atoms with Crippen molar-refractivity contribution in [2.75, 3.05) is 13.2 Å². The average molecular weight is 242 g/mol. The van der Waals surface area contributed by atoms with Gasteiger partial charge in [0, 0.05) is 12.5 Å². The van der Waals surface area contributed by atoms with Crippen molar-refractivity contribution >= 4 is 11.9 Å². The van der Waals surface area contributed by atoms with Crippen molar-refractivity contribution < 1.29 is 19.1 Å². The Morgan fingerprint density at radius 1 is 1.06 bits per heavy atom. The highest BCUT2D eigenvalue weighted by molar-refractivity contribution is 5.81. The monoisotopic (exact) mass is 242 g/mol. The van der Waals surface area contributed by atoms with E-state index in [1.807, 2.05) is 0 Å². The SMILES string of the molecule is C=CC(=O)OCCOC(=O)CCCCCCC. The van der Waals surface area contributed by atoms with E-state index >= 15 is 0 Å². The van der Waals surface area contributed by atoms with E-state index in [1.54, 1.807) is 0 Å². The molecular weight excluding hydrogens is 220 g/mol. The molecule has 4 heteroatoms. The van der Waals surface area contributed by atoms with Gasteiger partial charge in [0.2, 0.25) is 0 Å². The molecule has 0 heterocycles. The van der Waals surface area contributed by atoms with Crippen LogP contribution in [0.1, 0.15) is 45.4 Å². The molecule has 0 atom stereocenters. The lowest BCUT2D eigenvalue weighted by molar-refractivity contribution is -0.149. The van der Waals surface area contributed by atoms with E-state index in [4.69, 9.17) is 4.74 Å². The Morgan fingerprint density at radius 2 is 1.71 bits per heavy atom. The molecule has 0 unspecified atom stereocenters. The van der Waals surface area contributed by atoms with Gasteiger partial charge in [-0.15, -0.1) is 0 Å². The zero-order valence-corrected chi connectivity index (χ0v) is 10.6. The zero-order valence-electron chi connectivity index (χ0n) is 10.6. The van der Waals surface area contributed by atoms with Crippen LogP contribution in [-0.2, 0) is 19.1 Å². The number of esters is 2. The molecule has 4 nitrogen and oxygen atoms in total. The lowest BCUT2D eigenvalue weighted by atomic mass is 10.1. The maximum Gasteiger partial charge on any atom is 0.330 e. The third-order valence-corrected chi connectivity index (χ3v) is 2.24. The highest BCUT2D eigenvalue weighted by atomic mass is 16.6. The minimum Gasteiger partial charge on any atom is -0.462 e. The van der Waals surface area contributed by atoms with Crippen LogP contribution in [0.2, 0.25) is 0 Å². The van der Waals surface area contributed by atoms with Crippen LogP contribution in [0.3, 0.4) is 0 Å². The molecule has 0 aliphatic heterocycles. The van der Waals surface area contributed by atoms with Crippen molar-refractivity contribution in [1.29, 1.82) is 0 Å². The lowest BCUT2D eigenvalue weighted by Crippen LogP contribution is -2.12. The van der Waals surface area contributed by atoms with Gasteiger partial charge >= 0.3 is 11.9 Å². The van der Waals surface area contributed by atoms with E-state index in [0.717, 1.165) is 18.9 Å². The molecular formula is C13H22O4. The Hall–Kier alpha value is -1.32. The van der Waals surface area contributed by atoms with Crippen LogP contribution in [0, 0.1) is 0 Å². The first-order chi connectivity index (χ1) is 8.20. The number of hydrogen-bond acceptors (Lipinski definition) is 4. The summed E-state index contributed by atoms with van der Waals surface area (Å²) in [6.45, 7) is 5.62. The van der Waals surface area contributed by atoms with Gasteiger partial charge in [-0.05, 0) is 6.42 Å². The minimum atomic E-state index is -0.499. The fourth-order valence-electron chi connectivity index (χ4n) is 1.30. The van der Waals surface area contributed by atoms with E-state index in [2.05, 4.69) is 18.2 Å². The predicted molar refractivity (Wildman–Crippen MR) is 65.5 cm³/mol. The number of rotatable bonds is 10. The maximum absolute atomic E-state index is 11.2. The Bertz CT molecular complexity index is 236. The van der Waals surface area contributed by atoms with Gasteiger partial charge in [0.1, 0.15) is 13.2 Å². The summed E-state index contributed by atoms with van der Waals surface area (Å²) in [6, 6.07) is 0. The number of carbonyl (C=O) groups is 2. The van der Waals surface area contributed by atoms with E-state index in [9.17, 15) is 9.59 Å². The predicted octanol–water partition coefficient (Wildman–Crippen LogP) is 2.62. The smallest absolute Gasteiger partial charge is 0.330 e. The topological polar surface area (TPSA) is 52.6 Å². The summed E-state index contributed by atoms with van der Waals surface area (Å²) < 4.78 is 9.56. The van der Waals surface area contributed by atoms with Gasteiger partial charge in [-0.3, -0.25) is 4.79 Å². The van der Waals surface area contributed by atoms with Crippen LogP contribution in [-0.4, -0.2) is 25.2 Å². The Balaban J connectivity index is 3.29. The van der Waals surface area contributed by atoms with Crippen molar-refractivity contribution in [2.24, 2.45) is 0 Å². The van der Waals surface area contributed by atoms with Gasteiger partial charge in [0.05, 0.1) is 0 Å². The van der Waals surface area contributed by atoms with Crippen molar-refractivity contribution in [2.45, 2.75) is 45.4 Å². The summed E-state index contributed by atoms with van der Waals surface area (Å²) in [5.74, 6) is -0.725. The van der Waals surface area contributed by atoms with Crippen molar-refractivity contribution in [3.8, 4) is 0 Å². The number of hydrogen-bond donors (Lipinski definition) is 0. The molecule has 0 aliphatic carbocycles.